The van der Waals surface area contributed by atoms with E-state index in [0.29, 0.717) is 12.5 Å². The quantitative estimate of drug-likeness (QED) is 0.773. The predicted molar refractivity (Wildman–Crippen MR) is 75.4 cm³/mol. The van der Waals surface area contributed by atoms with Crippen LogP contribution in [0.5, 0.6) is 0 Å². The van der Waals surface area contributed by atoms with E-state index >= 15 is 0 Å². The van der Waals surface area contributed by atoms with Gasteiger partial charge in [-0.2, -0.15) is 0 Å². The van der Waals surface area contributed by atoms with Gasteiger partial charge >= 0.3 is 0 Å². The van der Waals surface area contributed by atoms with Crippen molar-refractivity contribution in [3.05, 3.63) is 0 Å². The highest BCUT2D eigenvalue weighted by atomic mass is 16.2. The Morgan fingerprint density at radius 3 is 2.63 bits per heavy atom. The zero-order valence-electron chi connectivity index (χ0n) is 12.3. The van der Waals surface area contributed by atoms with E-state index in [1.807, 2.05) is 6.92 Å². The number of nitrogens with one attached hydrogen (secondary N) is 1. The molecule has 19 heavy (non-hydrogen) atoms. The highest BCUT2D eigenvalue weighted by Crippen LogP contribution is 2.30. The summed E-state index contributed by atoms with van der Waals surface area (Å²) < 4.78 is 0. The summed E-state index contributed by atoms with van der Waals surface area (Å²) in [6.45, 7) is 4.91. The van der Waals surface area contributed by atoms with Crippen molar-refractivity contribution in [3.63, 3.8) is 0 Å². The van der Waals surface area contributed by atoms with Gasteiger partial charge in [-0.05, 0) is 31.6 Å². The first kappa shape index (κ1) is 16.0. The van der Waals surface area contributed by atoms with Gasteiger partial charge in [-0.3, -0.25) is 9.59 Å². The molecule has 1 saturated carbocycles. The Morgan fingerprint density at radius 1 is 1.37 bits per heavy atom. The molecule has 1 aliphatic rings. The summed E-state index contributed by atoms with van der Waals surface area (Å²) in [4.78, 5) is 25.8. The van der Waals surface area contributed by atoms with Crippen LogP contribution >= 0.6 is 0 Å². The molecule has 0 bridgehead atoms. The summed E-state index contributed by atoms with van der Waals surface area (Å²) in [5.41, 5.74) is 5.98. The standard InChI is InChI=1S/C14H27N3O2/c1-4-7-17(9-13(18)16-3)14(19)12-8-11(15)6-5-10(12)2/h10-12H,4-9,15H2,1-3H3,(H,16,18). The van der Waals surface area contributed by atoms with Crippen LogP contribution in [0.2, 0.25) is 0 Å². The van der Waals surface area contributed by atoms with E-state index in [4.69, 9.17) is 5.73 Å². The van der Waals surface area contributed by atoms with Gasteiger partial charge < -0.3 is 16.0 Å². The van der Waals surface area contributed by atoms with Crippen LogP contribution in [0.15, 0.2) is 0 Å². The minimum Gasteiger partial charge on any atom is -0.358 e. The van der Waals surface area contributed by atoms with Gasteiger partial charge in [-0.1, -0.05) is 13.8 Å². The maximum atomic E-state index is 12.6. The van der Waals surface area contributed by atoms with Gasteiger partial charge in [0.2, 0.25) is 11.8 Å². The molecule has 0 aromatic heterocycles. The largest absolute Gasteiger partial charge is 0.358 e. The number of nitrogens with zero attached hydrogens (tertiary/aromatic N) is 1. The minimum absolute atomic E-state index is 0.0278. The van der Waals surface area contributed by atoms with Gasteiger partial charge in [0.25, 0.3) is 0 Å². The molecule has 3 N–H and O–H groups in total. The van der Waals surface area contributed by atoms with Crippen molar-refractivity contribution in [1.82, 2.24) is 10.2 Å². The van der Waals surface area contributed by atoms with Gasteiger partial charge in [0.15, 0.2) is 0 Å². The van der Waals surface area contributed by atoms with E-state index in [0.717, 1.165) is 25.7 Å². The Balaban J connectivity index is 2.71. The lowest BCUT2D eigenvalue weighted by atomic mass is 9.77. The minimum atomic E-state index is -0.116. The van der Waals surface area contributed by atoms with Crippen LogP contribution in [0.3, 0.4) is 0 Å². The SMILES string of the molecule is CCCN(CC(=O)NC)C(=O)C1CC(N)CCC1C. The van der Waals surface area contributed by atoms with Gasteiger partial charge in [0, 0.05) is 25.6 Å². The third-order valence-electron chi connectivity index (χ3n) is 3.97. The van der Waals surface area contributed by atoms with Crippen LogP contribution in [0.4, 0.5) is 0 Å². The lowest BCUT2D eigenvalue weighted by Gasteiger charge is -2.35. The van der Waals surface area contributed by atoms with Crippen LogP contribution < -0.4 is 11.1 Å². The molecule has 1 fully saturated rings. The molecule has 0 aromatic carbocycles. The number of likely N-dealkylation sites (N-methyl/N-ethyl adjacent to an activating group) is 1. The highest BCUT2D eigenvalue weighted by molar-refractivity contribution is 5.86. The second-order valence-electron chi connectivity index (χ2n) is 5.59. The predicted octanol–water partition coefficient (Wildman–Crippen LogP) is 0.735. The summed E-state index contributed by atoms with van der Waals surface area (Å²) in [5.74, 6) is 0.305. The Hall–Kier alpha value is -1.10. The fraction of sp³-hybridized carbons (Fsp3) is 0.857. The van der Waals surface area contributed by atoms with E-state index in [9.17, 15) is 9.59 Å². The van der Waals surface area contributed by atoms with Gasteiger partial charge in [0.1, 0.15) is 0 Å². The molecule has 5 nitrogen and oxygen atoms in total. The maximum Gasteiger partial charge on any atom is 0.239 e. The lowest BCUT2D eigenvalue weighted by Crippen LogP contribution is -2.47. The van der Waals surface area contributed by atoms with Crippen molar-refractivity contribution < 1.29 is 9.59 Å². The summed E-state index contributed by atoms with van der Waals surface area (Å²) in [7, 11) is 1.59. The fourth-order valence-corrected chi connectivity index (χ4v) is 2.72. The molecule has 110 valence electrons. The molecule has 5 heteroatoms. The van der Waals surface area contributed by atoms with Gasteiger partial charge in [-0.15, -0.1) is 0 Å². The number of nitrogens with two attached hydrogens (primary N) is 1. The molecule has 1 aliphatic carbocycles. The van der Waals surface area contributed by atoms with Gasteiger partial charge in [0.05, 0.1) is 6.54 Å². The zero-order chi connectivity index (χ0) is 14.4. The average Bonchev–Trinajstić information content (AvgIpc) is 2.40. The lowest BCUT2D eigenvalue weighted by molar-refractivity contribution is -0.141. The Bertz CT molecular complexity index is 320. The second kappa shape index (κ2) is 7.48. The molecule has 0 saturated heterocycles. The summed E-state index contributed by atoms with van der Waals surface area (Å²) in [6, 6.07) is 0.119. The van der Waals surface area contributed by atoms with E-state index in [2.05, 4.69) is 12.2 Å². The normalized spacial score (nSPS) is 26.8. The molecule has 1 rings (SSSR count). The number of hydrogen-bond acceptors (Lipinski definition) is 3. The topological polar surface area (TPSA) is 75.4 Å². The number of rotatable bonds is 5. The van der Waals surface area contributed by atoms with Gasteiger partial charge in [-0.25, -0.2) is 0 Å². The Morgan fingerprint density at radius 2 is 2.05 bits per heavy atom. The molecule has 0 heterocycles. The second-order valence-corrected chi connectivity index (χ2v) is 5.59. The molecule has 0 spiro atoms. The Kier molecular flexibility index (Phi) is 6.28. The van der Waals surface area contributed by atoms with Crippen LogP contribution in [-0.4, -0.2) is 42.9 Å². The van der Waals surface area contributed by atoms with Crippen LogP contribution in [0.1, 0.15) is 39.5 Å². The summed E-state index contributed by atoms with van der Waals surface area (Å²) >= 11 is 0. The van der Waals surface area contributed by atoms with Crippen molar-refractivity contribution in [1.29, 1.82) is 0 Å². The highest BCUT2D eigenvalue weighted by Gasteiger charge is 2.34. The smallest absolute Gasteiger partial charge is 0.239 e. The van der Waals surface area contributed by atoms with Crippen molar-refractivity contribution in [3.8, 4) is 0 Å². The molecule has 3 unspecified atom stereocenters. The van der Waals surface area contributed by atoms with E-state index in [1.54, 1.807) is 11.9 Å². The number of carbonyl (C=O) groups is 2. The maximum absolute atomic E-state index is 12.6. The number of amides is 2. The van der Waals surface area contributed by atoms with Crippen LogP contribution in [0, 0.1) is 11.8 Å². The molecule has 0 aliphatic heterocycles. The van der Waals surface area contributed by atoms with E-state index < -0.39 is 0 Å². The first-order valence-electron chi connectivity index (χ1n) is 7.24. The van der Waals surface area contributed by atoms with Crippen molar-refractivity contribution >= 4 is 11.8 Å². The van der Waals surface area contributed by atoms with Crippen molar-refractivity contribution in [2.75, 3.05) is 20.1 Å². The Labute approximate surface area is 115 Å². The first-order valence-corrected chi connectivity index (χ1v) is 7.24. The van der Waals surface area contributed by atoms with E-state index in [1.165, 1.54) is 0 Å². The van der Waals surface area contributed by atoms with Crippen LogP contribution in [-0.2, 0) is 9.59 Å². The van der Waals surface area contributed by atoms with Crippen molar-refractivity contribution in [2.45, 2.75) is 45.6 Å². The third-order valence-corrected chi connectivity index (χ3v) is 3.97. The molecule has 0 aromatic rings. The molecule has 0 radical (unpaired) electrons. The van der Waals surface area contributed by atoms with Crippen LogP contribution in [0.25, 0.3) is 0 Å². The average molecular weight is 269 g/mol. The fourth-order valence-electron chi connectivity index (χ4n) is 2.72. The molecular weight excluding hydrogens is 242 g/mol. The van der Waals surface area contributed by atoms with Crippen molar-refractivity contribution in [2.24, 2.45) is 17.6 Å². The monoisotopic (exact) mass is 269 g/mol. The van der Waals surface area contributed by atoms with E-state index in [-0.39, 0.29) is 30.3 Å². The molecule has 2 amide bonds. The summed E-state index contributed by atoms with van der Waals surface area (Å²) in [6.07, 6.45) is 3.59. The molecule has 3 atom stereocenters. The molecular formula is C14H27N3O2. The number of hydrogen-bond donors (Lipinski definition) is 2. The zero-order valence-corrected chi connectivity index (χ0v) is 12.3. The third kappa shape index (κ3) is 4.49. The number of carbonyl (C=O) groups excluding carboxylic acids is 2. The first-order chi connectivity index (χ1) is 8.99. The summed E-state index contributed by atoms with van der Waals surface area (Å²) in [5, 5.41) is 2.57.